The highest BCUT2D eigenvalue weighted by atomic mass is 32.1. The van der Waals surface area contributed by atoms with E-state index < -0.39 is 0 Å². The van der Waals surface area contributed by atoms with E-state index in [1.54, 1.807) is 23.3 Å². The fourth-order valence-electron chi connectivity index (χ4n) is 2.67. The summed E-state index contributed by atoms with van der Waals surface area (Å²) in [4.78, 5) is 19.7. The van der Waals surface area contributed by atoms with Gasteiger partial charge in [-0.3, -0.25) is 9.89 Å². The number of carbonyl (C=O) groups excluding carboxylic acids is 1. The lowest BCUT2D eigenvalue weighted by atomic mass is 9.88. The van der Waals surface area contributed by atoms with Crippen LogP contribution in [0.2, 0.25) is 0 Å². The summed E-state index contributed by atoms with van der Waals surface area (Å²) < 4.78 is 0. The van der Waals surface area contributed by atoms with Crippen LogP contribution in [0.15, 0.2) is 11.7 Å². The highest BCUT2D eigenvalue weighted by Gasteiger charge is 2.25. The number of H-pyrrole nitrogens is 1. The van der Waals surface area contributed by atoms with Gasteiger partial charge in [0.05, 0.1) is 12.1 Å². The molecule has 3 rings (SSSR count). The predicted molar refractivity (Wildman–Crippen MR) is 77.7 cm³/mol. The molecule has 0 fully saturated rings. The van der Waals surface area contributed by atoms with Gasteiger partial charge in [0.2, 0.25) is 0 Å². The van der Waals surface area contributed by atoms with Gasteiger partial charge in [-0.2, -0.15) is 5.10 Å². The van der Waals surface area contributed by atoms with Gasteiger partial charge in [0.1, 0.15) is 12.2 Å². The number of carbonyl (C=O) groups is 1. The highest BCUT2D eigenvalue weighted by molar-refractivity contribution is 7.10. The number of hydrogen-bond donors (Lipinski definition) is 1. The molecule has 2 heterocycles. The molecule has 1 aliphatic rings. The van der Waals surface area contributed by atoms with Gasteiger partial charge in [0.15, 0.2) is 0 Å². The lowest BCUT2D eigenvalue weighted by molar-refractivity contribution is 0.0781. The van der Waals surface area contributed by atoms with Crippen molar-refractivity contribution in [1.82, 2.24) is 20.1 Å². The van der Waals surface area contributed by atoms with Crippen LogP contribution >= 0.6 is 11.3 Å². The van der Waals surface area contributed by atoms with Gasteiger partial charge in [-0.25, -0.2) is 4.98 Å². The molecule has 0 saturated carbocycles. The van der Waals surface area contributed by atoms with Gasteiger partial charge >= 0.3 is 0 Å². The summed E-state index contributed by atoms with van der Waals surface area (Å²) >= 11 is 1.73. The van der Waals surface area contributed by atoms with Crippen LogP contribution in [0.25, 0.3) is 0 Å². The fraction of sp³-hybridized carbons (Fsp3) is 0.500. The second kappa shape index (κ2) is 5.36. The maximum atomic E-state index is 12.6. The average Bonchev–Trinajstić information content (AvgIpc) is 3.06. The van der Waals surface area contributed by atoms with E-state index in [1.165, 1.54) is 23.2 Å². The number of nitrogens with one attached hydrogen (secondary N) is 1. The van der Waals surface area contributed by atoms with Gasteiger partial charge in [0, 0.05) is 17.3 Å². The zero-order valence-corrected chi connectivity index (χ0v) is 12.5. The first kappa shape index (κ1) is 13.3. The van der Waals surface area contributed by atoms with E-state index in [0.29, 0.717) is 12.4 Å². The van der Waals surface area contributed by atoms with Gasteiger partial charge in [-0.15, -0.1) is 11.3 Å². The summed E-state index contributed by atoms with van der Waals surface area (Å²) in [5, 5.41) is 8.60. The molecule has 1 N–H and O–H groups in total. The molecule has 2 aromatic rings. The molecule has 1 atom stereocenters. The molecule has 0 bridgehead atoms. The third kappa shape index (κ3) is 2.47. The standard InChI is InChI=1S/C14H18N4OS/c1-9-3-4-10-11(7-20-12(10)5-9)14(19)18(2)6-13-15-8-16-17-13/h7-9H,3-6H2,1-2H3,(H,15,16,17). The molecule has 1 amide bonds. The van der Waals surface area contributed by atoms with E-state index >= 15 is 0 Å². The number of aromatic nitrogens is 3. The van der Waals surface area contributed by atoms with Crippen molar-refractivity contribution in [1.29, 1.82) is 0 Å². The molecule has 0 spiro atoms. The van der Waals surface area contributed by atoms with Crippen LogP contribution in [-0.4, -0.2) is 33.0 Å². The molecule has 0 saturated heterocycles. The Morgan fingerprint density at radius 1 is 1.60 bits per heavy atom. The second-order valence-corrected chi connectivity index (χ2v) is 6.46. The van der Waals surface area contributed by atoms with Crippen molar-refractivity contribution in [3.8, 4) is 0 Å². The highest BCUT2D eigenvalue weighted by Crippen LogP contribution is 2.33. The minimum absolute atomic E-state index is 0.0773. The largest absolute Gasteiger partial charge is 0.334 e. The number of nitrogens with zero attached hydrogens (tertiary/aromatic N) is 3. The average molecular weight is 290 g/mol. The molecule has 0 aromatic carbocycles. The van der Waals surface area contributed by atoms with Crippen molar-refractivity contribution < 1.29 is 4.79 Å². The topological polar surface area (TPSA) is 61.9 Å². The lowest BCUT2D eigenvalue weighted by Gasteiger charge is -2.20. The Morgan fingerprint density at radius 3 is 3.20 bits per heavy atom. The summed E-state index contributed by atoms with van der Waals surface area (Å²) in [5.74, 6) is 1.52. The molecular weight excluding hydrogens is 272 g/mol. The monoisotopic (exact) mass is 290 g/mol. The minimum atomic E-state index is 0.0773. The summed E-state index contributed by atoms with van der Waals surface area (Å²) in [6.07, 6.45) is 4.77. The quantitative estimate of drug-likeness (QED) is 0.943. The van der Waals surface area contributed by atoms with Crippen LogP contribution in [0.4, 0.5) is 0 Å². The van der Waals surface area contributed by atoms with E-state index in [-0.39, 0.29) is 5.91 Å². The molecule has 0 radical (unpaired) electrons. The number of aromatic amines is 1. The molecule has 2 aromatic heterocycles. The Morgan fingerprint density at radius 2 is 2.45 bits per heavy atom. The number of amides is 1. The van der Waals surface area contributed by atoms with Crippen molar-refractivity contribution in [3.63, 3.8) is 0 Å². The maximum Gasteiger partial charge on any atom is 0.255 e. The zero-order valence-electron chi connectivity index (χ0n) is 11.7. The Balaban J connectivity index is 1.77. The normalized spacial score (nSPS) is 17.8. The Labute approximate surface area is 122 Å². The van der Waals surface area contributed by atoms with Crippen LogP contribution in [-0.2, 0) is 19.4 Å². The lowest BCUT2D eigenvalue weighted by Crippen LogP contribution is -2.27. The fourth-order valence-corrected chi connectivity index (χ4v) is 3.90. The third-order valence-electron chi connectivity index (χ3n) is 3.83. The first-order valence-electron chi connectivity index (χ1n) is 6.84. The molecule has 106 valence electrons. The van der Waals surface area contributed by atoms with Crippen LogP contribution in [0, 0.1) is 5.92 Å². The van der Waals surface area contributed by atoms with Crippen molar-refractivity contribution in [2.24, 2.45) is 5.92 Å². The van der Waals surface area contributed by atoms with Gasteiger partial charge in [-0.05, 0) is 30.7 Å². The second-order valence-electron chi connectivity index (χ2n) is 5.49. The Kier molecular flexibility index (Phi) is 3.56. The van der Waals surface area contributed by atoms with Crippen LogP contribution in [0.5, 0.6) is 0 Å². The zero-order chi connectivity index (χ0) is 14.1. The van der Waals surface area contributed by atoms with Gasteiger partial charge in [0.25, 0.3) is 5.91 Å². The predicted octanol–water partition coefficient (Wildman–Crippen LogP) is 2.26. The third-order valence-corrected chi connectivity index (χ3v) is 4.88. The van der Waals surface area contributed by atoms with Gasteiger partial charge in [-0.1, -0.05) is 6.92 Å². The summed E-state index contributed by atoms with van der Waals surface area (Å²) in [6.45, 7) is 2.74. The number of fused-ring (bicyclic) bond motifs is 1. The molecule has 6 heteroatoms. The van der Waals surface area contributed by atoms with E-state index in [9.17, 15) is 4.79 Å². The van der Waals surface area contributed by atoms with E-state index in [2.05, 4.69) is 22.1 Å². The van der Waals surface area contributed by atoms with E-state index in [0.717, 1.165) is 24.3 Å². The van der Waals surface area contributed by atoms with E-state index in [1.807, 2.05) is 5.38 Å². The summed E-state index contributed by atoms with van der Waals surface area (Å²) in [6, 6.07) is 0. The van der Waals surface area contributed by atoms with Crippen molar-refractivity contribution in [2.45, 2.75) is 32.7 Å². The molecular formula is C14H18N4OS. The minimum Gasteiger partial charge on any atom is -0.334 e. The number of thiophene rings is 1. The van der Waals surface area contributed by atoms with E-state index in [4.69, 9.17) is 0 Å². The van der Waals surface area contributed by atoms with Gasteiger partial charge < -0.3 is 4.90 Å². The Bertz CT molecular complexity index is 605. The summed E-state index contributed by atoms with van der Waals surface area (Å²) in [7, 11) is 1.81. The molecule has 1 aliphatic carbocycles. The molecule has 5 nitrogen and oxygen atoms in total. The first-order valence-corrected chi connectivity index (χ1v) is 7.72. The smallest absolute Gasteiger partial charge is 0.255 e. The van der Waals surface area contributed by atoms with Crippen molar-refractivity contribution in [2.75, 3.05) is 7.05 Å². The molecule has 20 heavy (non-hydrogen) atoms. The van der Waals surface area contributed by atoms with Crippen LogP contribution < -0.4 is 0 Å². The number of rotatable bonds is 3. The van der Waals surface area contributed by atoms with Crippen LogP contribution in [0.3, 0.4) is 0 Å². The first-order chi connectivity index (χ1) is 9.65. The molecule has 1 unspecified atom stereocenters. The van der Waals surface area contributed by atoms with Crippen molar-refractivity contribution >= 4 is 17.2 Å². The molecule has 0 aliphatic heterocycles. The summed E-state index contributed by atoms with van der Waals surface area (Å²) in [5.41, 5.74) is 2.14. The Hall–Kier alpha value is -1.69. The van der Waals surface area contributed by atoms with Crippen molar-refractivity contribution in [3.05, 3.63) is 33.5 Å². The SMILES string of the molecule is CC1CCc2c(C(=O)N(C)Cc3ncn[nH]3)csc2C1. The van der Waals surface area contributed by atoms with Crippen LogP contribution in [0.1, 0.15) is 40.0 Å². The maximum absolute atomic E-state index is 12.6. The number of hydrogen-bond acceptors (Lipinski definition) is 4.